The van der Waals surface area contributed by atoms with E-state index < -0.39 is 25.5 Å². The molecule has 78 valence electrons. The quantitative estimate of drug-likeness (QED) is 0.427. The second-order valence-corrected chi connectivity index (χ2v) is 3.75. The first-order valence-corrected chi connectivity index (χ1v) is 4.67. The molecule has 0 atom stereocenters. The van der Waals surface area contributed by atoms with E-state index in [1.165, 1.54) is 6.92 Å². The van der Waals surface area contributed by atoms with Crippen LogP contribution in [0.4, 0.5) is 0 Å². The number of aromatic nitrogens is 2. The van der Waals surface area contributed by atoms with Gasteiger partial charge in [-0.15, -0.1) is 8.70 Å². The Balaban J connectivity index is 3.94. The number of aryl methyl sites for hydroxylation is 1. The molecule has 1 heterocycles. The number of nitrogens with zero attached hydrogens (tertiary/aromatic N) is 2. The second kappa shape index (κ2) is 2.96. The van der Waals surface area contributed by atoms with Gasteiger partial charge in [0, 0.05) is 5.56 Å². The van der Waals surface area contributed by atoms with Gasteiger partial charge in [0.15, 0.2) is 0 Å². The molecule has 0 unspecified atom stereocenters. The minimum atomic E-state index is -5.00. The average Bonchev–Trinajstić information content (AvgIpc) is 1.98. The molecular weight excluding hydrogens is 216 g/mol. The van der Waals surface area contributed by atoms with Crippen LogP contribution in [0.1, 0.15) is 5.56 Å². The summed E-state index contributed by atoms with van der Waals surface area (Å²) in [4.78, 5) is 22.0. The molecule has 0 aliphatic heterocycles. The van der Waals surface area contributed by atoms with Crippen molar-refractivity contribution in [2.45, 2.75) is 6.92 Å². The van der Waals surface area contributed by atoms with Crippen molar-refractivity contribution in [1.82, 2.24) is 8.70 Å². The molecule has 1 aromatic heterocycles. The van der Waals surface area contributed by atoms with Gasteiger partial charge in [0.1, 0.15) is 0 Å². The molecule has 1 rings (SSSR count). The molecule has 0 saturated carbocycles. The van der Waals surface area contributed by atoms with Crippen molar-refractivity contribution >= 4 is 10.3 Å². The minimum absolute atomic E-state index is 0.107. The summed E-state index contributed by atoms with van der Waals surface area (Å²) in [6.45, 7) is 1.18. The minimum Gasteiger partial charge on any atom is -0.424 e. The number of hydrogen-bond donors (Lipinski definition) is 2. The van der Waals surface area contributed by atoms with E-state index in [4.69, 9.17) is 9.76 Å². The highest BCUT2D eigenvalue weighted by molar-refractivity contribution is 7.84. The van der Waals surface area contributed by atoms with E-state index in [0.29, 0.717) is 0 Å². The Hall–Kier alpha value is -1.61. The van der Waals surface area contributed by atoms with E-state index in [1.807, 2.05) is 0 Å². The molecule has 0 aliphatic rings. The van der Waals surface area contributed by atoms with Crippen LogP contribution in [-0.2, 0) is 10.3 Å². The Morgan fingerprint density at radius 1 is 1.36 bits per heavy atom. The summed E-state index contributed by atoms with van der Waals surface area (Å²) in [5.74, 6) is 0. The first kappa shape index (κ1) is 10.5. The maximum Gasteiger partial charge on any atom is 0.379 e. The summed E-state index contributed by atoms with van der Waals surface area (Å²) in [5.41, 5.74) is -2.96. The van der Waals surface area contributed by atoms with Crippen LogP contribution in [-0.4, -0.2) is 26.9 Å². The van der Waals surface area contributed by atoms with Crippen molar-refractivity contribution in [1.29, 1.82) is 0 Å². The zero-order valence-corrected chi connectivity index (χ0v) is 7.72. The van der Waals surface area contributed by atoms with Gasteiger partial charge in [-0.3, -0.25) is 9.35 Å². The van der Waals surface area contributed by atoms with Gasteiger partial charge in [0.05, 0.1) is 6.20 Å². The smallest absolute Gasteiger partial charge is 0.379 e. The van der Waals surface area contributed by atoms with Crippen LogP contribution >= 0.6 is 0 Å². The van der Waals surface area contributed by atoms with Crippen molar-refractivity contribution in [3.63, 3.8) is 0 Å². The fourth-order valence-corrected chi connectivity index (χ4v) is 1.47. The second-order valence-electron chi connectivity index (χ2n) is 2.49. The standard InChI is InChI=1S/C5H6N2O6S/c1-3-2-6(10)5(9)7(4(3)8)14(11,12)13/h2,10H,1H3,(H,11,12,13). The molecule has 1 aromatic rings. The lowest BCUT2D eigenvalue weighted by molar-refractivity contribution is 0.166. The Kier molecular flexibility index (Phi) is 2.21. The summed E-state index contributed by atoms with van der Waals surface area (Å²) in [7, 11) is -5.00. The lowest BCUT2D eigenvalue weighted by Crippen LogP contribution is -2.43. The lowest BCUT2D eigenvalue weighted by atomic mass is 10.4. The third-order valence-corrected chi connectivity index (χ3v) is 2.22. The van der Waals surface area contributed by atoms with Crippen LogP contribution in [0, 0.1) is 6.92 Å². The van der Waals surface area contributed by atoms with Crippen LogP contribution in [0.15, 0.2) is 15.8 Å². The predicted octanol–water partition coefficient (Wildman–Crippen LogP) is -1.79. The molecule has 0 spiro atoms. The maximum atomic E-state index is 11.1. The summed E-state index contributed by atoms with van der Waals surface area (Å²) in [6.07, 6.45) is 0.742. The highest BCUT2D eigenvalue weighted by Crippen LogP contribution is 1.86. The highest BCUT2D eigenvalue weighted by Gasteiger charge is 2.18. The number of hydrogen-bond acceptors (Lipinski definition) is 5. The van der Waals surface area contributed by atoms with Gasteiger partial charge >= 0.3 is 16.0 Å². The topological polar surface area (TPSA) is 119 Å². The molecule has 0 amide bonds. The van der Waals surface area contributed by atoms with Crippen molar-refractivity contribution in [3.8, 4) is 0 Å². The molecule has 2 N–H and O–H groups in total. The van der Waals surface area contributed by atoms with E-state index in [-0.39, 0.29) is 10.3 Å². The third-order valence-electron chi connectivity index (χ3n) is 1.44. The Morgan fingerprint density at radius 2 is 1.86 bits per heavy atom. The van der Waals surface area contributed by atoms with E-state index in [2.05, 4.69) is 0 Å². The van der Waals surface area contributed by atoms with Crippen LogP contribution in [0.25, 0.3) is 0 Å². The number of rotatable bonds is 1. The SMILES string of the molecule is Cc1cn(O)c(=O)n(S(=O)(=O)O)c1=O. The predicted molar refractivity (Wildman–Crippen MR) is 43.8 cm³/mol. The fraction of sp³-hybridized carbons (Fsp3) is 0.200. The zero-order valence-electron chi connectivity index (χ0n) is 6.91. The monoisotopic (exact) mass is 222 g/mol. The molecule has 8 nitrogen and oxygen atoms in total. The molecule has 0 aliphatic carbocycles. The lowest BCUT2D eigenvalue weighted by Gasteiger charge is -2.02. The molecule has 0 aromatic carbocycles. The summed E-state index contributed by atoms with van der Waals surface area (Å²) >= 11 is 0. The van der Waals surface area contributed by atoms with Crippen molar-refractivity contribution < 1.29 is 18.2 Å². The van der Waals surface area contributed by atoms with Gasteiger partial charge in [0.25, 0.3) is 5.56 Å². The van der Waals surface area contributed by atoms with Crippen molar-refractivity contribution in [2.75, 3.05) is 0 Å². The molecule has 0 radical (unpaired) electrons. The summed E-state index contributed by atoms with van der Waals surface area (Å²) < 4.78 is 29.1. The Bertz CT molecular complexity index is 545. The van der Waals surface area contributed by atoms with Crippen LogP contribution in [0.2, 0.25) is 0 Å². The maximum absolute atomic E-state index is 11.1. The largest absolute Gasteiger partial charge is 0.424 e. The van der Waals surface area contributed by atoms with E-state index in [1.54, 1.807) is 0 Å². The molecule has 0 fully saturated rings. The Morgan fingerprint density at radius 3 is 2.29 bits per heavy atom. The van der Waals surface area contributed by atoms with Gasteiger partial charge < -0.3 is 5.21 Å². The first-order valence-electron chi connectivity index (χ1n) is 3.27. The van der Waals surface area contributed by atoms with Crippen molar-refractivity contribution in [3.05, 3.63) is 32.6 Å². The van der Waals surface area contributed by atoms with Gasteiger partial charge in [0.2, 0.25) is 0 Å². The van der Waals surface area contributed by atoms with Gasteiger partial charge in [-0.25, -0.2) is 4.79 Å². The van der Waals surface area contributed by atoms with E-state index >= 15 is 0 Å². The molecular formula is C5H6N2O6S. The summed E-state index contributed by atoms with van der Waals surface area (Å²) in [6, 6.07) is 0. The molecule has 0 saturated heterocycles. The normalized spacial score (nSPS) is 11.6. The molecule has 14 heavy (non-hydrogen) atoms. The highest BCUT2D eigenvalue weighted by atomic mass is 32.2. The van der Waals surface area contributed by atoms with Crippen LogP contribution in [0.5, 0.6) is 0 Å². The average molecular weight is 222 g/mol. The van der Waals surface area contributed by atoms with Gasteiger partial charge in [-0.05, 0) is 6.92 Å². The first-order chi connectivity index (χ1) is 6.25. The van der Waals surface area contributed by atoms with E-state index in [0.717, 1.165) is 6.20 Å². The Labute approximate surface area is 77.5 Å². The summed E-state index contributed by atoms with van der Waals surface area (Å²) in [5, 5.41) is 8.84. The van der Waals surface area contributed by atoms with Crippen molar-refractivity contribution in [2.24, 2.45) is 0 Å². The van der Waals surface area contributed by atoms with Gasteiger partial charge in [-0.2, -0.15) is 8.42 Å². The third kappa shape index (κ3) is 1.54. The molecule has 0 bridgehead atoms. The van der Waals surface area contributed by atoms with Crippen LogP contribution in [0.3, 0.4) is 0 Å². The fourth-order valence-electron chi connectivity index (χ4n) is 0.837. The van der Waals surface area contributed by atoms with Gasteiger partial charge in [-0.1, -0.05) is 0 Å². The van der Waals surface area contributed by atoms with E-state index in [9.17, 15) is 18.0 Å². The van der Waals surface area contributed by atoms with Crippen LogP contribution < -0.4 is 11.2 Å². The molecule has 9 heteroatoms. The zero-order chi connectivity index (χ0) is 11.1.